The second-order valence-electron chi connectivity index (χ2n) is 4.83. The molecule has 0 saturated heterocycles. The lowest BCUT2D eigenvalue weighted by Gasteiger charge is -2.05. The molecule has 8 heteroatoms. The summed E-state index contributed by atoms with van der Waals surface area (Å²) in [7, 11) is 0. The Balaban J connectivity index is 1.54. The highest BCUT2D eigenvalue weighted by Gasteiger charge is 2.29. The Hall–Kier alpha value is -1.54. The van der Waals surface area contributed by atoms with E-state index >= 15 is 0 Å². The van der Waals surface area contributed by atoms with Crippen molar-refractivity contribution in [2.75, 3.05) is 16.9 Å². The average molecular weight is 368 g/mol. The van der Waals surface area contributed by atoms with Crippen LogP contribution in [0.5, 0.6) is 0 Å². The second-order valence-corrected chi connectivity index (χ2v) is 6.69. The molecule has 0 aliphatic heterocycles. The summed E-state index contributed by atoms with van der Waals surface area (Å²) in [6.07, 6.45) is 2.23. The van der Waals surface area contributed by atoms with Crippen LogP contribution in [0.2, 0.25) is 0 Å². The van der Waals surface area contributed by atoms with Crippen LogP contribution in [0, 0.1) is 0 Å². The zero-order valence-corrected chi connectivity index (χ0v) is 13.5. The van der Waals surface area contributed by atoms with E-state index in [-0.39, 0.29) is 11.7 Å². The number of hydrogen-bond acceptors (Lipinski definition) is 5. The summed E-state index contributed by atoms with van der Waals surface area (Å²) >= 11 is 4.64. The summed E-state index contributed by atoms with van der Waals surface area (Å²) in [5, 5.41) is 11.5. The summed E-state index contributed by atoms with van der Waals surface area (Å²) < 4.78 is 2.47. The molecule has 1 saturated carbocycles. The molecule has 1 aromatic carbocycles. The Kier molecular flexibility index (Phi) is 4.16. The third-order valence-electron chi connectivity index (χ3n) is 3.09. The van der Waals surface area contributed by atoms with Gasteiger partial charge in [0.25, 0.3) is 0 Å². The van der Waals surface area contributed by atoms with Gasteiger partial charge < -0.3 is 11.2 Å². The van der Waals surface area contributed by atoms with Gasteiger partial charge in [0.1, 0.15) is 0 Å². The number of carbonyl (C=O) groups excluding carboxylic acids is 1. The fraction of sp³-hybridized carbons (Fsp3) is 0.308. The molecular formula is C13H14BrN5OS. The Morgan fingerprint density at radius 3 is 2.76 bits per heavy atom. The van der Waals surface area contributed by atoms with Gasteiger partial charge >= 0.3 is 0 Å². The number of halogens is 1. The van der Waals surface area contributed by atoms with Crippen LogP contribution in [0.1, 0.15) is 24.6 Å². The molecule has 1 aliphatic rings. The van der Waals surface area contributed by atoms with Crippen LogP contribution in [-0.4, -0.2) is 26.5 Å². The fourth-order valence-corrected chi connectivity index (χ4v) is 2.79. The van der Waals surface area contributed by atoms with Gasteiger partial charge in [-0.3, -0.25) is 4.79 Å². The smallest absolute Gasteiger partial charge is 0.234 e. The molecule has 1 aliphatic carbocycles. The van der Waals surface area contributed by atoms with Crippen LogP contribution < -0.4 is 11.2 Å². The first-order valence-corrected chi connectivity index (χ1v) is 8.30. The normalized spacial score (nSPS) is 14.1. The van der Waals surface area contributed by atoms with Gasteiger partial charge in [-0.15, -0.1) is 10.2 Å². The molecule has 1 heterocycles. The van der Waals surface area contributed by atoms with Crippen LogP contribution in [-0.2, 0) is 4.79 Å². The van der Waals surface area contributed by atoms with Gasteiger partial charge in [-0.1, -0.05) is 27.7 Å². The van der Waals surface area contributed by atoms with Gasteiger partial charge in [0.05, 0.1) is 5.75 Å². The van der Waals surface area contributed by atoms with Crippen molar-refractivity contribution in [3.63, 3.8) is 0 Å². The van der Waals surface area contributed by atoms with Crippen molar-refractivity contribution in [3.8, 4) is 0 Å². The van der Waals surface area contributed by atoms with Gasteiger partial charge in [0, 0.05) is 16.1 Å². The standard InChI is InChI=1S/C13H14BrN5OS/c14-9-3-5-10(6-4-9)16-11(20)7-21-13-18-17-12(19(13)15)8-1-2-8/h3-6,8H,1-2,7,15H2,(H,16,20). The van der Waals surface area contributed by atoms with Crippen LogP contribution >= 0.6 is 27.7 Å². The predicted octanol–water partition coefficient (Wildman–Crippen LogP) is 2.36. The molecule has 1 aromatic heterocycles. The second kappa shape index (κ2) is 6.07. The molecule has 3 N–H and O–H groups in total. The number of nitrogens with one attached hydrogen (secondary N) is 1. The van der Waals surface area contributed by atoms with Crippen molar-refractivity contribution < 1.29 is 4.79 Å². The zero-order valence-electron chi connectivity index (χ0n) is 11.1. The molecule has 0 spiro atoms. The van der Waals surface area contributed by atoms with Crippen molar-refractivity contribution >= 4 is 39.3 Å². The third kappa shape index (κ3) is 3.56. The number of thioether (sulfide) groups is 1. The number of rotatable bonds is 5. The van der Waals surface area contributed by atoms with Crippen molar-refractivity contribution in [1.82, 2.24) is 14.9 Å². The number of benzene rings is 1. The number of carbonyl (C=O) groups is 1. The molecular weight excluding hydrogens is 354 g/mol. The van der Waals surface area contributed by atoms with Crippen LogP contribution in [0.4, 0.5) is 5.69 Å². The Morgan fingerprint density at radius 2 is 2.10 bits per heavy atom. The van der Waals surface area contributed by atoms with Gasteiger partial charge in [-0.25, -0.2) is 4.68 Å². The number of hydrogen-bond donors (Lipinski definition) is 2. The zero-order chi connectivity index (χ0) is 14.8. The maximum absolute atomic E-state index is 11.9. The van der Waals surface area contributed by atoms with E-state index in [1.165, 1.54) is 16.4 Å². The summed E-state index contributed by atoms with van der Waals surface area (Å²) in [4.78, 5) is 11.9. The molecule has 6 nitrogen and oxygen atoms in total. The molecule has 3 rings (SSSR count). The maximum atomic E-state index is 11.9. The van der Waals surface area contributed by atoms with Crippen molar-refractivity contribution in [3.05, 3.63) is 34.6 Å². The summed E-state index contributed by atoms with van der Waals surface area (Å²) in [6, 6.07) is 7.43. The van der Waals surface area contributed by atoms with E-state index in [0.717, 1.165) is 28.8 Å². The predicted molar refractivity (Wildman–Crippen MR) is 85.6 cm³/mol. The number of aromatic nitrogens is 3. The number of amides is 1. The van der Waals surface area contributed by atoms with E-state index in [1.54, 1.807) is 0 Å². The first kappa shape index (κ1) is 14.4. The fourth-order valence-electron chi connectivity index (χ4n) is 1.87. The summed E-state index contributed by atoms with van der Waals surface area (Å²) in [5.74, 6) is 7.33. The number of nitrogens with two attached hydrogens (primary N) is 1. The first-order chi connectivity index (χ1) is 10.1. The summed E-state index contributed by atoms with van der Waals surface area (Å²) in [5.41, 5.74) is 0.761. The molecule has 0 bridgehead atoms. The molecule has 21 heavy (non-hydrogen) atoms. The van der Waals surface area contributed by atoms with Crippen molar-refractivity contribution in [1.29, 1.82) is 0 Å². The number of anilines is 1. The largest absolute Gasteiger partial charge is 0.336 e. The monoisotopic (exact) mass is 367 g/mol. The van der Waals surface area contributed by atoms with Crippen molar-refractivity contribution in [2.24, 2.45) is 0 Å². The Labute approximate surface area is 134 Å². The lowest BCUT2D eigenvalue weighted by molar-refractivity contribution is -0.113. The molecule has 0 radical (unpaired) electrons. The molecule has 0 atom stereocenters. The third-order valence-corrected chi connectivity index (χ3v) is 4.57. The quantitative estimate of drug-likeness (QED) is 0.625. The lowest BCUT2D eigenvalue weighted by atomic mass is 10.3. The average Bonchev–Trinajstić information content (AvgIpc) is 3.24. The van der Waals surface area contributed by atoms with E-state index in [4.69, 9.17) is 5.84 Å². The number of nitrogen functional groups attached to an aromatic ring is 1. The van der Waals surface area contributed by atoms with E-state index in [9.17, 15) is 4.79 Å². The lowest BCUT2D eigenvalue weighted by Crippen LogP contribution is -2.17. The van der Waals surface area contributed by atoms with E-state index < -0.39 is 0 Å². The van der Waals surface area contributed by atoms with Gasteiger partial charge in [0.15, 0.2) is 5.82 Å². The van der Waals surface area contributed by atoms with E-state index in [1.807, 2.05) is 24.3 Å². The molecule has 1 fully saturated rings. The van der Waals surface area contributed by atoms with E-state index in [0.29, 0.717) is 11.1 Å². The first-order valence-electron chi connectivity index (χ1n) is 6.52. The van der Waals surface area contributed by atoms with Gasteiger partial charge in [0.2, 0.25) is 11.1 Å². The van der Waals surface area contributed by atoms with Gasteiger partial charge in [-0.2, -0.15) is 0 Å². The maximum Gasteiger partial charge on any atom is 0.234 e. The highest BCUT2D eigenvalue weighted by atomic mass is 79.9. The molecule has 110 valence electrons. The number of nitrogens with zero attached hydrogens (tertiary/aromatic N) is 3. The minimum Gasteiger partial charge on any atom is -0.336 e. The minimum atomic E-state index is -0.0988. The Morgan fingerprint density at radius 1 is 1.38 bits per heavy atom. The molecule has 2 aromatic rings. The van der Waals surface area contributed by atoms with Crippen LogP contribution in [0.15, 0.2) is 33.9 Å². The highest BCUT2D eigenvalue weighted by molar-refractivity contribution is 9.10. The molecule has 0 unspecified atom stereocenters. The highest BCUT2D eigenvalue weighted by Crippen LogP contribution is 2.39. The summed E-state index contributed by atoms with van der Waals surface area (Å²) in [6.45, 7) is 0. The Bertz CT molecular complexity index is 653. The van der Waals surface area contributed by atoms with Crippen LogP contribution in [0.25, 0.3) is 0 Å². The molecule has 1 amide bonds. The minimum absolute atomic E-state index is 0.0988. The van der Waals surface area contributed by atoms with Crippen LogP contribution in [0.3, 0.4) is 0 Å². The van der Waals surface area contributed by atoms with Crippen molar-refractivity contribution in [2.45, 2.75) is 23.9 Å². The van der Waals surface area contributed by atoms with E-state index in [2.05, 4.69) is 31.4 Å². The topological polar surface area (TPSA) is 85.8 Å². The van der Waals surface area contributed by atoms with Gasteiger partial charge in [-0.05, 0) is 37.1 Å². The SMILES string of the molecule is Nn1c(SCC(=O)Nc2ccc(Br)cc2)nnc1C1CC1.